The van der Waals surface area contributed by atoms with Crippen molar-refractivity contribution in [3.8, 4) is 5.75 Å². The van der Waals surface area contributed by atoms with Gasteiger partial charge in [0.05, 0.1) is 0 Å². The molecule has 86 valence electrons. The second-order valence-electron chi connectivity index (χ2n) is 4.36. The Morgan fingerprint density at radius 2 is 2.00 bits per heavy atom. The summed E-state index contributed by atoms with van der Waals surface area (Å²) in [6, 6.07) is 7.63. The molecule has 2 nitrogen and oxygen atoms in total. The number of nitrogens with one attached hydrogen (secondary N) is 1. The van der Waals surface area contributed by atoms with Crippen LogP contribution < -0.4 is 5.32 Å². The third kappa shape index (κ3) is 2.95. The van der Waals surface area contributed by atoms with Crippen LogP contribution in [0.5, 0.6) is 5.75 Å². The molecule has 3 heteroatoms. The Balaban J connectivity index is 1.97. The van der Waals surface area contributed by atoms with Crippen LogP contribution in [0.15, 0.2) is 24.3 Å². The highest BCUT2D eigenvalue weighted by Crippen LogP contribution is 2.18. The predicted octanol–water partition coefficient (Wildman–Crippen LogP) is 2.99. The van der Waals surface area contributed by atoms with Gasteiger partial charge in [0.25, 0.3) is 0 Å². The van der Waals surface area contributed by atoms with E-state index in [9.17, 15) is 5.11 Å². The lowest BCUT2D eigenvalue weighted by Crippen LogP contribution is -2.35. The van der Waals surface area contributed by atoms with Crippen LogP contribution in [-0.4, -0.2) is 16.1 Å². The monoisotopic (exact) mass is 235 g/mol. The van der Waals surface area contributed by atoms with Crippen molar-refractivity contribution in [2.24, 2.45) is 0 Å². The average Bonchev–Trinajstić information content (AvgIpc) is 2.30. The highest BCUT2D eigenvalue weighted by atomic mass is 32.1. The van der Waals surface area contributed by atoms with Gasteiger partial charge >= 0.3 is 0 Å². The molecule has 0 spiro atoms. The highest BCUT2D eigenvalue weighted by molar-refractivity contribution is 7.80. The summed E-state index contributed by atoms with van der Waals surface area (Å²) in [7, 11) is 0. The summed E-state index contributed by atoms with van der Waals surface area (Å²) < 4.78 is 0. The number of rotatable bonds is 2. The Kier molecular flexibility index (Phi) is 3.78. The molecule has 0 bridgehead atoms. The molecule has 0 aliphatic heterocycles. The maximum atomic E-state index is 9.38. The Labute approximate surface area is 102 Å². The maximum absolute atomic E-state index is 9.38. The fraction of sp³-hybridized carbons (Fsp3) is 0.462. The number of hydrogen-bond acceptors (Lipinski definition) is 2. The smallest absolute Gasteiger partial charge is 0.116 e. The Hall–Kier alpha value is -1.09. The number of thiocarbonyl (C=S) groups is 1. The lowest BCUT2D eigenvalue weighted by molar-refractivity contribution is 0.415. The van der Waals surface area contributed by atoms with Gasteiger partial charge in [-0.15, -0.1) is 0 Å². The van der Waals surface area contributed by atoms with Gasteiger partial charge < -0.3 is 10.4 Å². The second-order valence-corrected chi connectivity index (χ2v) is 4.77. The van der Waals surface area contributed by atoms with Crippen LogP contribution in [0.1, 0.15) is 37.7 Å². The van der Waals surface area contributed by atoms with Crippen LogP contribution in [0.3, 0.4) is 0 Å². The first kappa shape index (κ1) is 11.4. The fourth-order valence-corrected chi connectivity index (χ4v) is 2.46. The van der Waals surface area contributed by atoms with E-state index < -0.39 is 0 Å². The first-order valence-electron chi connectivity index (χ1n) is 5.85. The fourth-order valence-electron chi connectivity index (χ4n) is 2.16. The number of phenols is 1. The van der Waals surface area contributed by atoms with Gasteiger partial charge in [0.1, 0.15) is 10.7 Å². The predicted molar refractivity (Wildman–Crippen MR) is 69.8 cm³/mol. The second kappa shape index (κ2) is 5.30. The van der Waals surface area contributed by atoms with Crippen molar-refractivity contribution >= 4 is 17.2 Å². The van der Waals surface area contributed by atoms with Gasteiger partial charge in [0, 0.05) is 11.6 Å². The molecule has 2 N–H and O–H groups in total. The van der Waals surface area contributed by atoms with E-state index in [2.05, 4.69) is 5.32 Å². The molecule has 0 saturated heterocycles. The standard InChI is InChI=1S/C13H17NOS/c15-12-8-4-5-10(9-12)13(16)14-11-6-2-1-3-7-11/h4-5,8-9,11,15H,1-3,6-7H2,(H,14,16). The third-order valence-corrected chi connectivity index (χ3v) is 3.40. The van der Waals surface area contributed by atoms with Crippen LogP contribution in [0.25, 0.3) is 0 Å². The first-order chi connectivity index (χ1) is 7.75. The largest absolute Gasteiger partial charge is 0.508 e. The van der Waals surface area contributed by atoms with Gasteiger partial charge in [-0.25, -0.2) is 0 Å². The van der Waals surface area contributed by atoms with Crippen molar-refractivity contribution in [2.45, 2.75) is 38.1 Å². The molecule has 0 amide bonds. The zero-order valence-electron chi connectivity index (χ0n) is 9.28. The Bertz CT molecular complexity index is 372. The van der Waals surface area contributed by atoms with Crippen LogP contribution >= 0.6 is 12.2 Å². The molecule has 0 aromatic heterocycles. The molecule has 1 fully saturated rings. The summed E-state index contributed by atoms with van der Waals surface area (Å²) in [6.45, 7) is 0. The van der Waals surface area contributed by atoms with Crippen molar-refractivity contribution in [3.63, 3.8) is 0 Å². The molecule has 0 heterocycles. The van der Waals surface area contributed by atoms with Gasteiger partial charge in [-0.05, 0) is 25.0 Å². The van der Waals surface area contributed by atoms with Crippen LogP contribution in [-0.2, 0) is 0 Å². The molecule has 1 saturated carbocycles. The molecule has 0 unspecified atom stereocenters. The SMILES string of the molecule is Oc1cccc(C(=S)NC2CCCCC2)c1. The van der Waals surface area contributed by atoms with Crippen LogP contribution in [0.4, 0.5) is 0 Å². The van der Waals surface area contributed by atoms with E-state index in [0.29, 0.717) is 6.04 Å². The van der Waals surface area contributed by atoms with E-state index in [1.807, 2.05) is 12.1 Å². The molecule has 1 aliphatic rings. The van der Waals surface area contributed by atoms with E-state index in [-0.39, 0.29) is 5.75 Å². The molecular formula is C13H17NOS. The van der Waals surface area contributed by atoms with E-state index in [0.717, 1.165) is 10.6 Å². The Morgan fingerprint density at radius 1 is 1.25 bits per heavy atom. The van der Waals surface area contributed by atoms with Crippen molar-refractivity contribution in [1.82, 2.24) is 5.32 Å². The van der Waals surface area contributed by atoms with E-state index in [1.54, 1.807) is 12.1 Å². The summed E-state index contributed by atoms with van der Waals surface area (Å²) in [6.07, 6.45) is 6.34. The number of aromatic hydroxyl groups is 1. The summed E-state index contributed by atoms with van der Waals surface area (Å²) in [5, 5.41) is 12.8. The van der Waals surface area contributed by atoms with Gasteiger partial charge in [0.2, 0.25) is 0 Å². The summed E-state index contributed by atoms with van der Waals surface area (Å²) >= 11 is 5.34. The maximum Gasteiger partial charge on any atom is 0.116 e. The van der Waals surface area contributed by atoms with Crippen molar-refractivity contribution in [2.75, 3.05) is 0 Å². The number of hydrogen-bond donors (Lipinski definition) is 2. The zero-order valence-corrected chi connectivity index (χ0v) is 10.1. The number of phenolic OH excluding ortho intramolecular Hbond substituents is 1. The lowest BCUT2D eigenvalue weighted by Gasteiger charge is -2.24. The van der Waals surface area contributed by atoms with E-state index >= 15 is 0 Å². The number of benzene rings is 1. The van der Waals surface area contributed by atoms with Gasteiger partial charge in [-0.2, -0.15) is 0 Å². The minimum absolute atomic E-state index is 0.269. The quantitative estimate of drug-likeness (QED) is 0.773. The van der Waals surface area contributed by atoms with Crippen molar-refractivity contribution in [3.05, 3.63) is 29.8 Å². The van der Waals surface area contributed by atoms with Gasteiger partial charge in [-0.3, -0.25) is 0 Å². The lowest BCUT2D eigenvalue weighted by atomic mass is 9.95. The normalized spacial score (nSPS) is 17.0. The van der Waals surface area contributed by atoms with Crippen molar-refractivity contribution in [1.29, 1.82) is 0 Å². The minimum atomic E-state index is 0.269. The molecule has 0 atom stereocenters. The highest BCUT2D eigenvalue weighted by Gasteiger charge is 2.14. The zero-order chi connectivity index (χ0) is 11.4. The molecule has 16 heavy (non-hydrogen) atoms. The van der Waals surface area contributed by atoms with E-state index in [1.165, 1.54) is 32.1 Å². The Morgan fingerprint density at radius 3 is 2.69 bits per heavy atom. The summed E-state index contributed by atoms with van der Waals surface area (Å²) in [5.41, 5.74) is 0.903. The van der Waals surface area contributed by atoms with Crippen molar-refractivity contribution < 1.29 is 5.11 Å². The minimum Gasteiger partial charge on any atom is -0.508 e. The van der Waals surface area contributed by atoms with Crippen LogP contribution in [0, 0.1) is 0 Å². The van der Waals surface area contributed by atoms with Crippen LogP contribution in [0.2, 0.25) is 0 Å². The molecule has 1 aromatic rings. The summed E-state index contributed by atoms with van der Waals surface area (Å²) in [5.74, 6) is 0.269. The van der Waals surface area contributed by atoms with Gasteiger partial charge in [-0.1, -0.05) is 43.6 Å². The van der Waals surface area contributed by atoms with E-state index in [4.69, 9.17) is 12.2 Å². The molecule has 2 rings (SSSR count). The molecule has 1 aromatic carbocycles. The average molecular weight is 235 g/mol. The third-order valence-electron chi connectivity index (χ3n) is 3.05. The first-order valence-corrected chi connectivity index (χ1v) is 6.26. The molecule has 0 radical (unpaired) electrons. The summed E-state index contributed by atoms with van der Waals surface area (Å²) in [4.78, 5) is 0.753. The molecule has 1 aliphatic carbocycles. The molecular weight excluding hydrogens is 218 g/mol. The topological polar surface area (TPSA) is 32.3 Å². The van der Waals surface area contributed by atoms with Gasteiger partial charge in [0.15, 0.2) is 0 Å².